The highest BCUT2D eigenvalue weighted by molar-refractivity contribution is 6.34. The summed E-state index contributed by atoms with van der Waals surface area (Å²) in [5, 5.41) is 16.3. The molecule has 0 aliphatic carbocycles. The summed E-state index contributed by atoms with van der Waals surface area (Å²) in [6, 6.07) is 10.3. The minimum Gasteiger partial charge on any atom is -0.496 e. The Morgan fingerprint density at radius 3 is 2.50 bits per heavy atom. The Hall–Kier alpha value is -3.13. The topological polar surface area (TPSA) is 111 Å². The number of benzene rings is 2. The second kappa shape index (κ2) is 10.6. The first-order valence-electron chi connectivity index (χ1n) is 9.39. The first kappa shape index (κ1) is 23.2. The Bertz CT molecular complexity index is 933. The smallest absolute Gasteiger partial charge is 0.270 e. The van der Waals surface area contributed by atoms with Gasteiger partial charge in [0.2, 0.25) is 5.91 Å². The zero-order valence-corrected chi connectivity index (χ0v) is 17.7. The third-order valence-electron chi connectivity index (χ3n) is 4.53. The number of carbonyl (C=O) groups is 2. The Balaban J connectivity index is 2.02. The number of hydrogen-bond acceptors (Lipinski definition) is 5. The van der Waals surface area contributed by atoms with Crippen LogP contribution in [-0.4, -0.2) is 36.4 Å². The molecule has 2 N–H and O–H groups in total. The molecule has 0 aromatic heterocycles. The van der Waals surface area contributed by atoms with E-state index in [0.717, 1.165) is 17.4 Å². The van der Waals surface area contributed by atoms with Crippen LogP contribution in [0.2, 0.25) is 5.02 Å². The lowest BCUT2D eigenvalue weighted by Crippen LogP contribution is -2.50. The predicted molar refractivity (Wildman–Crippen MR) is 114 cm³/mol. The molecule has 0 fully saturated rings. The van der Waals surface area contributed by atoms with Crippen LogP contribution in [0, 0.1) is 16.0 Å². The average Bonchev–Trinajstić information content (AvgIpc) is 2.71. The number of nitrogens with one attached hydrogen (secondary N) is 2. The number of non-ortho nitro benzene ring substituents is 1. The van der Waals surface area contributed by atoms with Crippen molar-refractivity contribution in [1.82, 2.24) is 10.6 Å². The first-order chi connectivity index (χ1) is 14.2. The minimum atomic E-state index is -0.790. The molecule has 8 nitrogen and oxygen atoms in total. The summed E-state index contributed by atoms with van der Waals surface area (Å²) in [4.78, 5) is 35.4. The van der Waals surface area contributed by atoms with Gasteiger partial charge in [0.1, 0.15) is 11.8 Å². The second-order valence-corrected chi connectivity index (χ2v) is 7.38. The average molecular weight is 434 g/mol. The Labute approximate surface area is 179 Å². The summed E-state index contributed by atoms with van der Waals surface area (Å²) < 4.78 is 5.30. The molecule has 0 bridgehead atoms. The number of carbonyl (C=O) groups excluding carboxylic acids is 2. The Morgan fingerprint density at radius 2 is 1.90 bits per heavy atom. The van der Waals surface area contributed by atoms with Crippen molar-refractivity contribution in [2.24, 2.45) is 5.92 Å². The normalized spacial score (nSPS) is 11.6. The third kappa shape index (κ3) is 5.93. The van der Waals surface area contributed by atoms with Crippen molar-refractivity contribution < 1.29 is 19.2 Å². The van der Waals surface area contributed by atoms with Crippen molar-refractivity contribution in [3.8, 4) is 5.75 Å². The molecule has 160 valence electrons. The number of nitro benzene ring substituents is 1. The van der Waals surface area contributed by atoms with Gasteiger partial charge in [-0.1, -0.05) is 43.6 Å². The number of nitrogens with zero attached hydrogens (tertiary/aromatic N) is 1. The van der Waals surface area contributed by atoms with Crippen molar-refractivity contribution in [3.63, 3.8) is 0 Å². The minimum absolute atomic E-state index is 0.0548. The van der Waals surface area contributed by atoms with E-state index < -0.39 is 16.9 Å². The lowest BCUT2D eigenvalue weighted by molar-refractivity contribution is -0.384. The van der Waals surface area contributed by atoms with Crippen LogP contribution in [0.5, 0.6) is 5.75 Å². The summed E-state index contributed by atoms with van der Waals surface area (Å²) in [7, 11) is 1.59. The van der Waals surface area contributed by atoms with E-state index in [4.69, 9.17) is 16.3 Å². The van der Waals surface area contributed by atoms with Crippen LogP contribution < -0.4 is 15.4 Å². The van der Waals surface area contributed by atoms with E-state index in [-0.39, 0.29) is 28.1 Å². The van der Waals surface area contributed by atoms with Gasteiger partial charge in [0.05, 0.1) is 22.6 Å². The van der Waals surface area contributed by atoms with Crippen molar-refractivity contribution in [2.75, 3.05) is 13.7 Å². The van der Waals surface area contributed by atoms with Gasteiger partial charge in [-0.25, -0.2) is 0 Å². The second-order valence-electron chi connectivity index (χ2n) is 6.97. The maximum Gasteiger partial charge on any atom is 0.270 e. The molecule has 0 aliphatic heterocycles. The van der Waals surface area contributed by atoms with E-state index in [9.17, 15) is 19.7 Å². The van der Waals surface area contributed by atoms with Crippen LogP contribution in [-0.2, 0) is 11.2 Å². The van der Waals surface area contributed by atoms with Gasteiger partial charge in [-0.05, 0) is 30.0 Å². The van der Waals surface area contributed by atoms with E-state index in [1.165, 1.54) is 12.1 Å². The zero-order chi connectivity index (χ0) is 22.3. The van der Waals surface area contributed by atoms with E-state index in [1.54, 1.807) is 7.11 Å². The molecule has 0 aliphatic rings. The highest BCUT2D eigenvalue weighted by Crippen LogP contribution is 2.23. The van der Waals surface area contributed by atoms with Gasteiger partial charge in [0.15, 0.2) is 0 Å². The van der Waals surface area contributed by atoms with Crippen molar-refractivity contribution >= 4 is 29.1 Å². The highest BCUT2D eigenvalue weighted by atomic mass is 35.5. The third-order valence-corrected chi connectivity index (χ3v) is 4.84. The van der Waals surface area contributed by atoms with Crippen molar-refractivity contribution in [1.29, 1.82) is 0 Å². The number of amides is 2. The van der Waals surface area contributed by atoms with Crippen LogP contribution in [0.3, 0.4) is 0 Å². The van der Waals surface area contributed by atoms with Crippen LogP contribution >= 0.6 is 11.6 Å². The summed E-state index contributed by atoms with van der Waals surface area (Å²) in [5.41, 5.74) is 0.809. The Kier molecular flexibility index (Phi) is 8.17. The lowest BCUT2D eigenvalue weighted by Gasteiger charge is -2.22. The largest absolute Gasteiger partial charge is 0.496 e. The number of methoxy groups -OCH3 is 1. The molecule has 0 saturated carbocycles. The van der Waals surface area contributed by atoms with E-state index in [2.05, 4.69) is 10.6 Å². The van der Waals surface area contributed by atoms with Crippen LogP contribution in [0.15, 0.2) is 42.5 Å². The van der Waals surface area contributed by atoms with Gasteiger partial charge in [-0.15, -0.1) is 0 Å². The lowest BCUT2D eigenvalue weighted by atomic mass is 10.0. The van der Waals surface area contributed by atoms with Crippen LogP contribution in [0.25, 0.3) is 0 Å². The fourth-order valence-corrected chi connectivity index (χ4v) is 3.16. The molecular weight excluding hydrogens is 410 g/mol. The van der Waals surface area contributed by atoms with Crippen LogP contribution in [0.4, 0.5) is 5.69 Å². The zero-order valence-electron chi connectivity index (χ0n) is 17.0. The number of para-hydroxylation sites is 1. The van der Waals surface area contributed by atoms with Gasteiger partial charge in [-0.3, -0.25) is 19.7 Å². The van der Waals surface area contributed by atoms with Gasteiger partial charge in [0, 0.05) is 18.7 Å². The molecule has 9 heteroatoms. The fraction of sp³-hybridized carbons (Fsp3) is 0.333. The fourth-order valence-electron chi connectivity index (χ4n) is 2.90. The summed E-state index contributed by atoms with van der Waals surface area (Å²) >= 11 is 6.01. The molecule has 2 aromatic carbocycles. The van der Waals surface area contributed by atoms with Gasteiger partial charge >= 0.3 is 0 Å². The van der Waals surface area contributed by atoms with Gasteiger partial charge in [-0.2, -0.15) is 0 Å². The molecule has 2 rings (SSSR count). The number of nitro groups is 1. The molecule has 30 heavy (non-hydrogen) atoms. The van der Waals surface area contributed by atoms with E-state index in [1.807, 2.05) is 38.1 Å². The van der Waals surface area contributed by atoms with Crippen molar-refractivity contribution in [3.05, 3.63) is 68.7 Å². The number of rotatable bonds is 9. The van der Waals surface area contributed by atoms with Crippen LogP contribution in [0.1, 0.15) is 29.8 Å². The molecule has 0 heterocycles. The quantitative estimate of drug-likeness (QED) is 0.465. The standard InChI is InChI=1S/C21H24ClN3O5/c1-13(2)19(21(27)23-11-10-14-6-4-5-7-18(14)30-3)24-20(26)16-9-8-15(25(28)29)12-17(16)22/h4-9,12-13,19H,10-11H2,1-3H3,(H,23,27)(H,24,26). The van der Waals surface area contributed by atoms with Gasteiger partial charge in [0.25, 0.3) is 11.6 Å². The molecule has 0 saturated heterocycles. The number of hydrogen-bond donors (Lipinski definition) is 2. The summed E-state index contributed by atoms with van der Waals surface area (Å²) in [6.07, 6.45) is 0.572. The van der Waals surface area contributed by atoms with Gasteiger partial charge < -0.3 is 15.4 Å². The maximum atomic E-state index is 12.6. The SMILES string of the molecule is COc1ccccc1CCNC(=O)C(NC(=O)c1ccc([N+](=O)[O-])cc1Cl)C(C)C. The van der Waals surface area contributed by atoms with E-state index in [0.29, 0.717) is 13.0 Å². The molecular formula is C21H24ClN3O5. The highest BCUT2D eigenvalue weighted by Gasteiger charge is 2.26. The van der Waals surface area contributed by atoms with E-state index >= 15 is 0 Å². The molecule has 1 atom stereocenters. The Morgan fingerprint density at radius 1 is 1.20 bits per heavy atom. The molecule has 2 aromatic rings. The predicted octanol–water partition coefficient (Wildman–Crippen LogP) is 3.37. The monoisotopic (exact) mass is 433 g/mol. The number of halogens is 1. The molecule has 0 radical (unpaired) electrons. The molecule has 0 spiro atoms. The summed E-state index contributed by atoms with van der Waals surface area (Å²) in [6.45, 7) is 3.99. The summed E-state index contributed by atoms with van der Waals surface area (Å²) in [5.74, 6) is -0.343. The molecule has 2 amide bonds. The first-order valence-corrected chi connectivity index (χ1v) is 9.76. The molecule has 1 unspecified atom stereocenters. The maximum absolute atomic E-state index is 12.6. The van der Waals surface area contributed by atoms with Crippen molar-refractivity contribution in [2.45, 2.75) is 26.3 Å². The number of ether oxygens (including phenoxy) is 1.